The van der Waals surface area contributed by atoms with Gasteiger partial charge in [0.1, 0.15) is 0 Å². The Kier molecular flexibility index (Phi) is 4.53. The Morgan fingerprint density at radius 1 is 1.16 bits per heavy atom. The van der Waals surface area contributed by atoms with Crippen molar-refractivity contribution in [2.24, 2.45) is 0 Å². The summed E-state index contributed by atoms with van der Waals surface area (Å²) in [5.74, 6) is -1.01. The van der Waals surface area contributed by atoms with Crippen molar-refractivity contribution in [3.05, 3.63) is 58.6 Å². The molecule has 0 radical (unpaired) electrons. The Morgan fingerprint density at radius 3 is 2.44 bits per heavy atom. The van der Waals surface area contributed by atoms with Gasteiger partial charge in [-0.1, -0.05) is 17.7 Å². The van der Waals surface area contributed by atoms with E-state index in [1.165, 1.54) is 24.3 Å². The Hall–Kier alpha value is -2.38. The predicted molar refractivity (Wildman–Crippen MR) is 96.5 cm³/mol. The zero-order valence-electron chi connectivity index (χ0n) is 13.3. The number of nitrogens with zero attached hydrogens (tertiary/aromatic N) is 1. The standard InChI is InChI=1S/C17H15ClN2O4S/c1-11-14(18)3-2-4-15(11)19-17(22)12-5-7-13(8-6-12)20-16(21)9-10-25(20,23)24/h2-8H,9-10H2,1H3,(H,19,22). The van der Waals surface area contributed by atoms with Gasteiger partial charge in [0.25, 0.3) is 5.91 Å². The predicted octanol–water partition coefficient (Wildman–Crippen LogP) is 2.97. The van der Waals surface area contributed by atoms with Crippen molar-refractivity contribution >= 4 is 44.8 Å². The molecule has 25 heavy (non-hydrogen) atoms. The summed E-state index contributed by atoms with van der Waals surface area (Å²) in [6.45, 7) is 1.80. The third-order valence-corrected chi connectivity index (χ3v) is 6.06. The van der Waals surface area contributed by atoms with Crippen molar-refractivity contribution < 1.29 is 18.0 Å². The first kappa shape index (κ1) is 17.4. The van der Waals surface area contributed by atoms with Crippen molar-refractivity contribution in [3.63, 3.8) is 0 Å². The molecule has 3 rings (SSSR count). The van der Waals surface area contributed by atoms with Crippen LogP contribution in [0.25, 0.3) is 0 Å². The average Bonchev–Trinajstić information content (AvgIpc) is 2.85. The zero-order valence-corrected chi connectivity index (χ0v) is 14.9. The van der Waals surface area contributed by atoms with Crippen molar-refractivity contribution in [2.75, 3.05) is 15.4 Å². The van der Waals surface area contributed by atoms with Crippen LogP contribution in [0.4, 0.5) is 11.4 Å². The fourth-order valence-corrected chi connectivity index (χ4v) is 4.19. The van der Waals surface area contributed by atoms with Gasteiger partial charge in [0, 0.05) is 22.7 Å². The van der Waals surface area contributed by atoms with Gasteiger partial charge in [-0.05, 0) is 48.9 Å². The maximum Gasteiger partial charge on any atom is 0.255 e. The molecule has 0 unspecified atom stereocenters. The molecule has 0 saturated carbocycles. The van der Waals surface area contributed by atoms with Crippen LogP contribution in [0.1, 0.15) is 22.3 Å². The van der Waals surface area contributed by atoms with Crippen LogP contribution in [0.15, 0.2) is 42.5 Å². The van der Waals surface area contributed by atoms with Crippen LogP contribution >= 0.6 is 11.6 Å². The number of carbonyl (C=O) groups excluding carboxylic acids is 2. The van der Waals surface area contributed by atoms with Gasteiger partial charge < -0.3 is 5.32 Å². The van der Waals surface area contributed by atoms with Crippen molar-refractivity contribution in [1.29, 1.82) is 0 Å². The third kappa shape index (κ3) is 3.38. The molecule has 2 aromatic rings. The molecular weight excluding hydrogens is 364 g/mol. The number of halogens is 1. The van der Waals surface area contributed by atoms with E-state index in [2.05, 4.69) is 5.32 Å². The number of rotatable bonds is 3. The van der Waals surface area contributed by atoms with Gasteiger partial charge >= 0.3 is 0 Å². The van der Waals surface area contributed by atoms with E-state index in [-0.39, 0.29) is 23.8 Å². The minimum absolute atomic E-state index is 0.0292. The summed E-state index contributed by atoms with van der Waals surface area (Å²) in [5, 5.41) is 3.31. The second-order valence-electron chi connectivity index (χ2n) is 5.64. The Labute approximate surface area is 150 Å². The highest BCUT2D eigenvalue weighted by Crippen LogP contribution is 2.26. The van der Waals surface area contributed by atoms with Crippen LogP contribution in [0, 0.1) is 6.92 Å². The van der Waals surface area contributed by atoms with Gasteiger partial charge in [-0.3, -0.25) is 9.59 Å². The Morgan fingerprint density at radius 2 is 1.84 bits per heavy atom. The van der Waals surface area contributed by atoms with Gasteiger partial charge in [0.15, 0.2) is 0 Å². The van der Waals surface area contributed by atoms with E-state index in [0.717, 1.165) is 9.87 Å². The number of nitrogens with one attached hydrogen (secondary N) is 1. The van der Waals surface area contributed by atoms with Crippen molar-refractivity contribution in [2.45, 2.75) is 13.3 Å². The zero-order chi connectivity index (χ0) is 18.2. The molecule has 1 N–H and O–H groups in total. The van der Waals surface area contributed by atoms with Crippen LogP contribution in [-0.2, 0) is 14.8 Å². The highest BCUT2D eigenvalue weighted by molar-refractivity contribution is 7.94. The van der Waals surface area contributed by atoms with Crippen LogP contribution in [0.3, 0.4) is 0 Å². The molecule has 0 spiro atoms. The summed E-state index contributed by atoms with van der Waals surface area (Å²) < 4.78 is 24.6. The maximum atomic E-state index is 12.3. The Balaban J connectivity index is 1.82. The lowest BCUT2D eigenvalue weighted by Crippen LogP contribution is -2.29. The summed E-state index contributed by atoms with van der Waals surface area (Å²) in [6.07, 6.45) is -0.0292. The van der Waals surface area contributed by atoms with Crippen molar-refractivity contribution in [3.8, 4) is 0 Å². The molecule has 6 nitrogen and oxygen atoms in total. The lowest BCUT2D eigenvalue weighted by Gasteiger charge is -2.15. The molecule has 1 saturated heterocycles. The number of sulfonamides is 1. The van der Waals surface area contributed by atoms with Crippen LogP contribution in [-0.4, -0.2) is 26.0 Å². The summed E-state index contributed by atoms with van der Waals surface area (Å²) in [6, 6.07) is 11.0. The molecule has 0 bridgehead atoms. The SMILES string of the molecule is Cc1c(Cl)cccc1NC(=O)c1ccc(N2C(=O)CCS2(=O)=O)cc1. The number of hydrogen-bond donors (Lipinski definition) is 1. The van der Waals surface area contributed by atoms with Crippen molar-refractivity contribution in [1.82, 2.24) is 0 Å². The fourth-order valence-electron chi connectivity index (χ4n) is 2.55. The molecule has 1 aliphatic rings. The third-order valence-electron chi connectivity index (χ3n) is 3.96. The molecule has 2 amide bonds. The summed E-state index contributed by atoms with van der Waals surface area (Å²) in [7, 11) is -3.61. The molecule has 0 aromatic heterocycles. The number of benzene rings is 2. The van der Waals surface area contributed by atoms with E-state index < -0.39 is 15.9 Å². The van der Waals surface area contributed by atoms with Gasteiger partial charge in [0.2, 0.25) is 15.9 Å². The van der Waals surface area contributed by atoms with Crippen LogP contribution in [0.5, 0.6) is 0 Å². The van der Waals surface area contributed by atoms with Gasteiger partial charge in [-0.15, -0.1) is 0 Å². The summed E-state index contributed by atoms with van der Waals surface area (Å²) in [5.41, 5.74) is 1.92. The molecule has 8 heteroatoms. The van der Waals surface area contributed by atoms with E-state index in [4.69, 9.17) is 11.6 Å². The van der Waals surface area contributed by atoms with E-state index >= 15 is 0 Å². The number of anilines is 2. The minimum Gasteiger partial charge on any atom is -0.322 e. The Bertz CT molecular complexity index is 955. The lowest BCUT2D eigenvalue weighted by atomic mass is 10.1. The highest BCUT2D eigenvalue weighted by Gasteiger charge is 2.36. The monoisotopic (exact) mass is 378 g/mol. The maximum absolute atomic E-state index is 12.3. The topological polar surface area (TPSA) is 83.6 Å². The summed E-state index contributed by atoms with van der Waals surface area (Å²) in [4.78, 5) is 24.1. The fraction of sp³-hybridized carbons (Fsp3) is 0.176. The normalized spacial score (nSPS) is 16.1. The first-order valence-electron chi connectivity index (χ1n) is 7.52. The first-order valence-corrected chi connectivity index (χ1v) is 9.51. The molecule has 1 fully saturated rings. The molecule has 1 aliphatic heterocycles. The second-order valence-corrected chi connectivity index (χ2v) is 7.98. The van der Waals surface area contributed by atoms with E-state index in [1.54, 1.807) is 25.1 Å². The van der Waals surface area contributed by atoms with Gasteiger partial charge in [-0.25, -0.2) is 12.7 Å². The highest BCUT2D eigenvalue weighted by atomic mass is 35.5. The molecule has 2 aromatic carbocycles. The summed E-state index contributed by atoms with van der Waals surface area (Å²) >= 11 is 6.03. The quantitative estimate of drug-likeness (QED) is 0.889. The van der Waals surface area contributed by atoms with E-state index in [0.29, 0.717) is 16.3 Å². The van der Waals surface area contributed by atoms with Crippen LogP contribution in [0.2, 0.25) is 5.02 Å². The molecule has 0 atom stereocenters. The average molecular weight is 379 g/mol. The van der Waals surface area contributed by atoms with Gasteiger partial charge in [-0.2, -0.15) is 0 Å². The number of amides is 2. The van der Waals surface area contributed by atoms with Crippen LogP contribution < -0.4 is 9.62 Å². The second kappa shape index (κ2) is 6.50. The van der Waals surface area contributed by atoms with Gasteiger partial charge in [0.05, 0.1) is 11.4 Å². The number of hydrogen-bond acceptors (Lipinski definition) is 4. The largest absolute Gasteiger partial charge is 0.322 e. The molecule has 130 valence electrons. The first-order chi connectivity index (χ1) is 11.8. The molecule has 0 aliphatic carbocycles. The smallest absolute Gasteiger partial charge is 0.255 e. The molecule has 1 heterocycles. The number of carbonyl (C=O) groups is 2. The lowest BCUT2D eigenvalue weighted by molar-refractivity contribution is -0.116. The minimum atomic E-state index is -3.61. The molecular formula is C17H15ClN2O4S. The van der Waals surface area contributed by atoms with E-state index in [9.17, 15) is 18.0 Å². The van der Waals surface area contributed by atoms with E-state index in [1.807, 2.05) is 0 Å².